The van der Waals surface area contributed by atoms with Crippen LogP contribution in [0.5, 0.6) is 5.75 Å². The van der Waals surface area contributed by atoms with Crippen LogP contribution in [0.25, 0.3) is 0 Å². The monoisotopic (exact) mass is 212 g/mol. The van der Waals surface area contributed by atoms with Crippen molar-refractivity contribution in [3.05, 3.63) is 43.0 Å². The van der Waals surface area contributed by atoms with Crippen LogP contribution >= 0.6 is 0 Å². The topological polar surface area (TPSA) is 26.3 Å². The molecule has 0 saturated carbocycles. The molecule has 1 aromatic carbocycles. The van der Waals surface area contributed by atoms with Crippen molar-refractivity contribution in [3.8, 4) is 5.75 Å². The summed E-state index contributed by atoms with van der Waals surface area (Å²) in [6.45, 7) is 3.28. The maximum Gasteiger partial charge on any atom is 0.335 e. The standard InChI is InChI=1S/C9H8O2.Zn/c1-2-9(10)11-8-6-4-3-5-7-8;/h2-7H,1H2;. The number of rotatable bonds is 2. The van der Waals surface area contributed by atoms with Crippen molar-refractivity contribution < 1.29 is 29.0 Å². The first-order valence-electron chi connectivity index (χ1n) is 3.22. The Balaban J connectivity index is 0.00000121. The van der Waals surface area contributed by atoms with E-state index in [1.54, 1.807) is 24.3 Å². The van der Waals surface area contributed by atoms with E-state index < -0.39 is 5.97 Å². The average molecular weight is 214 g/mol. The van der Waals surface area contributed by atoms with E-state index in [0.29, 0.717) is 5.75 Å². The van der Waals surface area contributed by atoms with Gasteiger partial charge in [0.2, 0.25) is 0 Å². The minimum Gasteiger partial charge on any atom is -0.423 e. The first-order valence-corrected chi connectivity index (χ1v) is 3.22. The van der Waals surface area contributed by atoms with E-state index in [9.17, 15) is 4.79 Å². The van der Waals surface area contributed by atoms with E-state index in [1.165, 1.54) is 0 Å². The Labute approximate surface area is 84.0 Å². The molecule has 2 nitrogen and oxygen atoms in total. The number of hydrogen-bond donors (Lipinski definition) is 0. The number of para-hydroxylation sites is 1. The van der Waals surface area contributed by atoms with Crippen molar-refractivity contribution >= 4 is 5.97 Å². The quantitative estimate of drug-likeness (QED) is 0.324. The summed E-state index contributed by atoms with van der Waals surface area (Å²) in [5.74, 6) is 0.105. The van der Waals surface area contributed by atoms with Crippen molar-refractivity contribution in [3.63, 3.8) is 0 Å². The van der Waals surface area contributed by atoms with E-state index >= 15 is 0 Å². The van der Waals surface area contributed by atoms with Gasteiger partial charge < -0.3 is 4.74 Å². The molecule has 0 N–H and O–H groups in total. The molecule has 1 aromatic rings. The molecular weight excluding hydrogens is 205 g/mol. The predicted molar refractivity (Wildman–Crippen MR) is 42.3 cm³/mol. The molecule has 0 atom stereocenters. The zero-order valence-corrected chi connectivity index (χ0v) is 9.66. The van der Waals surface area contributed by atoms with E-state index in [2.05, 4.69) is 6.58 Å². The van der Waals surface area contributed by atoms with E-state index in [1.807, 2.05) is 6.07 Å². The molecule has 0 aliphatic rings. The van der Waals surface area contributed by atoms with Gasteiger partial charge in [-0.2, -0.15) is 0 Å². The average Bonchev–Trinajstić information content (AvgIpc) is 2.06. The molecule has 1 rings (SSSR count). The Hall–Kier alpha value is -0.947. The molecule has 3 heteroatoms. The fourth-order valence-corrected chi connectivity index (χ4v) is 0.646. The second-order valence-corrected chi connectivity index (χ2v) is 1.94. The maximum atomic E-state index is 10.6. The summed E-state index contributed by atoms with van der Waals surface area (Å²) in [5, 5.41) is 0. The van der Waals surface area contributed by atoms with Gasteiger partial charge in [0.1, 0.15) is 5.75 Å². The first-order chi connectivity index (χ1) is 5.33. The fraction of sp³-hybridized carbons (Fsp3) is 0. The van der Waals surface area contributed by atoms with E-state index in [-0.39, 0.29) is 19.5 Å². The number of hydrogen-bond acceptors (Lipinski definition) is 2. The third-order valence-electron chi connectivity index (χ3n) is 1.13. The third-order valence-corrected chi connectivity index (χ3v) is 1.13. The summed E-state index contributed by atoms with van der Waals surface area (Å²) >= 11 is 0. The van der Waals surface area contributed by atoms with Gasteiger partial charge in [-0.1, -0.05) is 24.8 Å². The number of benzene rings is 1. The van der Waals surface area contributed by atoms with Gasteiger partial charge in [-0.15, -0.1) is 0 Å². The molecule has 0 bridgehead atoms. The van der Waals surface area contributed by atoms with Crippen LogP contribution in [0.3, 0.4) is 0 Å². The normalized spacial score (nSPS) is 8.00. The largest absolute Gasteiger partial charge is 0.423 e. The number of ether oxygens (including phenoxy) is 1. The van der Waals surface area contributed by atoms with Gasteiger partial charge in [0.15, 0.2) is 0 Å². The van der Waals surface area contributed by atoms with Crippen molar-refractivity contribution in [2.75, 3.05) is 0 Å². The summed E-state index contributed by atoms with van der Waals surface area (Å²) in [6.07, 6.45) is 1.13. The van der Waals surface area contributed by atoms with Crippen molar-refractivity contribution in [2.24, 2.45) is 0 Å². The molecule has 0 fully saturated rings. The molecule has 0 spiro atoms. The molecule has 0 saturated heterocycles. The number of carbonyl (C=O) groups is 1. The summed E-state index contributed by atoms with van der Waals surface area (Å²) < 4.78 is 4.81. The summed E-state index contributed by atoms with van der Waals surface area (Å²) in [4.78, 5) is 10.6. The molecule has 12 heavy (non-hydrogen) atoms. The summed E-state index contributed by atoms with van der Waals surface area (Å²) in [6, 6.07) is 8.87. The molecule has 0 amide bonds. The Kier molecular flexibility index (Phi) is 5.22. The third kappa shape index (κ3) is 3.45. The second kappa shape index (κ2) is 5.67. The van der Waals surface area contributed by atoms with Crippen LogP contribution in [0.2, 0.25) is 0 Å². The minimum atomic E-state index is -0.434. The smallest absolute Gasteiger partial charge is 0.335 e. The second-order valence-electron chi connectivity index (χ2n) is 1.94. The van der Waals surface area contributed by atoms with Gasteiger partial charge >= 0.3 is 5.97 Å². The molecule has 0 unspecified atom stereocenters. The zero-order chi connectivity index (χ0) is 8.10. The molecule has 58 valence electrons. The fourth-order valence-electron chi connectivity index (χ4n) is 0.646. The van der Waals surface area contributed by atoms with Crippen molar-refractivity contribution in [1.82, 2.24) is 0 Å². The summed E-state index contributed by atoms with van der Waals surface area (Å²) in [7, 11) is 0. The van der Waals surface area contributed by atoms with Crippen molar-refractivity contribution in [2.45, 2.75) is 0 Å². The molecule has 0 radical (unpaired) electrons. The molecular formula is C9H8O2Zn. The van der Waals surface area contributed by atoms with Gasteiger partial charge in [-0.3, -0.25) is 0 Å². The maximum absolute atomic E-state index is 10.6. The first kappa shape index (κ1) is 11.1. The van der Waals surface area contributed by atoms with Crippen LogP contribution in [0.15, 0.2) is 43.0 Å². The van der Waals surface area contributed by atoms with Crippen LogP contribution in [0.4, 0.5) is 0 Å². The molecule has 0 heterocycles. The minimum absolute atomic E-state index is 0. The zero-order valence-electron chi connectivity index (χ0n) is 6.69. The Morgan fingerprint density at radius 2 is 1.92 bits per heavy atom. The van der Waals surface area contributed by atoms with Gasteiger partial charge in [0.05, 0.1) is 0 Å². The Morgan fingerprint density at radius 1 is 1.33 bits per heavy atom. The van der Waals surface area contributed by atoms with Crippen LogP contribution in [0.1, 0.15) is 0 Å². The molecule has 0 aromatic heterocycles. The number of esters is 1. The van der Waals surface area contributed by atoms with Crippen LogP contribution in [-0.2, 0) is 24.3 Å². The van der Waals surface area contributed by atoms with Crippen LogP contribution in [-0.4, -0.2) is 5.97 Å². The van der Waals surface area contributed by atoms with E-state index in [0.717, 1.165) is 6.08 Å². The van der Waals surface area contributed by atoms with E-state index in [4.69, 9.17) is 4.74 Å². The Morgan fingerprint density at radius 3 is 2.42 bits per heavy atom. The van der Waals surface area contributed by atoms with Crippen molar-refractivity contribution in [1.29, 1.82) is 0 Å². The summed E-state index contributed by atoms with van der Waals surface area (Å²) in [5.41, 5.74) is 0. The molecule has 0 aliphatic heterocycles. The van der Waals surface area contributed by atoms with Crippen LogP contribution < -0.4 is 4.74 Å². The van der Waals surface area contributed by atoms with Gasteiger partial charge in [-0.25, -0.2) is 4.79 Å². The molecule has 0 aliphatic carbocycles. The number of carbonyl (C=O) groups excluding carboxylic acids is 1. The van der Waals surface area contributed by atoms with Gasteiger partial charge in [-0.05, 0) is 12.1 Å². The van der Waals surface area contributed by atoms with Gasteiger partial charge in [0, 0.05) is 25.6 Å². The van der Waals surface area contributed by atoms with Crippen LogP contribution in [0, 0.1) is 0 Å². The SMILES string of the molecule is C=CC(=O)Oc1ccccc1.[Zn]. The predicted octanol–water partition coefficient (Wildman–Crippen LogP) is 1.78. The van der Waals surface area contributed by atoms with Gasteiger partial charge in [0.25, 0.3) is 0 Å². The Bertz CT molecular complexity index is 256.